The Balaban J connectivity index is 2.12. The van der Waals surface area contributed by atoms with Gasteiger partial charge in [-0.05, 0) is 23.7 Å². The molecular weight excluding hydrogens is 110 g/mol. The highest BCUT2D eigenvalue weighted by atomic mass is 15.0. The number of hydrogen-bond donors (Lipinski definition) is 1. The minimum Gasteiger partial charge on any atom is -0.316 e. The van der Waals surface area contributed by atoms with Crippen molar-refractivity contribution < 1.29 is 0 Å². The van der Waals surface area contributed by atoms with Crippen molar-refractivity contribution in [1.29, 1.82) is 0 Å². The van der Waals surface area contributed by atoms with Gasteiger partial charge in [0.15, 0.2) is 0 Å². The van der Waals surface area contributed by atoms with Crippen molar-refractivity contribution in [3.05, 3.63) is 0 Å². The van der Waals surface area contributed by atoms with E-state index < -0.39 is 0 Å². The summed E-state index contributed by atoms with van der Waals surface area (Å²) in [5, 5.41) is 3.47. The lowest BCUT2D eigenvalue weighted by Crippen LogP contribution is -2.59. The van der Waals surface area contributed by atoms with Crippen molar-refractivity contribution in [2.75, 3.05) is 13.1 Å². The van der Waals surface area contributed by atoms with E-state index in [9.17, 15) is 0 Å². The minimum atomic E-state index is 0.674. The second kappa shape index (κ2) is 1.34. The summed E-state index contributed by atoms with van der Waals surface area (Å²) in [5.74, 6) is 0. The van der Waals surface area contributed by atoms with Crippen molar-refractivity contribution in [1.82, 2.24) is 5.32 Å². The third-order valence-corrected chi connectivity index (χ3v) is 2.81. The Morgan fingerprint density at radius 2 is 1.44 bits per heavy atom. The summed E-state index contributed by atoms with van der Waals surface area (Å²) in [4.78, 5) is 0. The molecule has 0 unspecified atom stereocenters. The van der Waals surface area contributed by atoms with Gasteiger partial charge in [-0.2, -0.15) is 0 Å². The standard InChI is InChI=1S/C8H15N/c1-7-3-8(2,4-7)6-9-5-7/h9H,3-6H2,1-2H3. The van der Waals surface area contributed by atoms with Crippen molar-refractivity contribution in [2.45, 2.75) is 26.7 Å². The van der Waals surface area contributed by atoms with E-state index in [2.05, 4.69) is 19.2 Å². The average molecular weight is 125 g/mol. The summed E-state index contributed by atoms with van der Waals surface area (Å²) < 4.78 is 0. The number of fused-ring (bicyclic) bond motifs is 2. The molecule has 9 heavy (non-hydrogen) atoms. The van der Waals surface area contributed by atoms with E-state index in [4.69, 9.17) is 0 Å². The first-order valence-corrected chi connectivity index (χ1v) is 3.83. The Morgan fingerprint density at radius 1 is 1.00 bits per heavy atom. The highest BCUT2D eigenvalue weighted by Crippen LogP contribution is 2.55. The molecule has 3 rings (SSSR count). The van der Waals surface area contributed by atoms with Gasteiger partial charge < -0.3 is 5.32 Å². The molecule has 2 saturated heterocycles. The number of piperidine rings is 2. The Bertz CT molecular complexity index is 120. The van der Waals surface area contributed by atoms with Crippen LogP contribution in [-0.2, 0) is 0 Å². The maximum absolute atomic E-state index is 3.47. The molecule has 1 nitrogen and oxygen atoms in total. The van der Waals surface area contributed by atoms with E-state index in [1.54, 1.807) is 0 Å². The van der Waals surface area contributed by atoms with Gasteiger partial charge in [-0.3, -0.25) is 0 Å². The monoisotopic (exact) mass is 125 g/mol. The van der Waals surface area contributed by atoms with Crippen LogP contribution in [0.2, 0.25) is 0 Å². The van der Waals surface area contributed by atoms with Crippen molar-refractivity contribution in [2.24, 2.45) is 10.8 Å². The van der Waals surface area contributed by atoms with Crippen LogP contribution in [0, 0.1) is 10.8 Å². The molecule has 1 N–H and O–H groups in total. The molecule has 0 spiro atoms. The summed E-state index contributed by atoms with van der Waals surface area (Å²) in [6, 6.07) is 0. The fourth-order valence-corrected chi connectivity index (χ4v) is 2.92. The van der Waals surface area contributed by atoms with Gasteiger partial charge >= 0.3 is 0 Å². The van der Waals surface area contributed by atoms with Crippen LogP contribution in [0.15, 0.2) is 0 Å². The molecule has 2 bridgehead atoms. The third-order valence-electron chi connectivity index (χ3n) is 2.81. The lowest BCUT2D eigenvalue weighted by Gasteiger charge is -2.58. The van der Waals surface area contributed by atoms with Gasteiger partial charge in [-0.25, -0.2) is 0 Å². The Hall–Kier alpha value is -0.0400. The molecule has 1 heteroatoms. The van der Waals surface area contributed by atoms with E-state index in [-0.39, 0.29) is 0 Å². The highest BCUT2D eigenvalue weighted by molar-refractivity contribution is 5.04. The summed E-state index contributed by atoms with van der Waals surface area (Å²) in [5.41, 5.74) is 1.35. The smallest absolute Gasteiger partial charge is 0.000581 e. The van der Waals surface area contributed by atoms with Gasteiger partial charge in [0, 0.05) is 13.1 Å². The second-order valence-corrected chi connectivity index (χ2v) is 4.58. The largest absolute Gasteiger partial charge is 0.316 e. The molecule has 3 fully saturated rings. The summed E-state index contributed by atoms with van der Waals surface area (Å²) >= 11 is 0. The quantitative estimate of drug-likeness (QED) is 0.516. The molecule has 0 aromatic rings. The fourth-order valence-electron chi connectivity index (χ4n) is 2.92. The molecule has 2 heterocycles. The maximum atomic E-state index is 3.47. The zero-order valence-electron chi connectivity index (χ0n) is 6.33. The van der Waals surface area contributed by atoms with Crippen LogP contribution in [0.3, 0.4) is 0 Å². The fraction of sp³-hybridized carbons (Fsp3) is 1.00. The van der Waals surface area contributed by atoms with Crippen LogP contribution in [-0.4, -0.2) is 13.1 Å². The molecule has 1 saturated carbocycles. The molecule has 0 radical (unpaired) electrons. The Kier molecular flexibility index (Phi) is 0.852. The van der Waals surface area contributed by atoms with Crippen molar-refractivity contribution >= 4 is 0 Å². The average Bonchev–Trinajstić information content (AvgIpc) is 1.59. The maximum Gasteiger partial charge on any atom is 0.000581 e. The van der Waals surface area contributed by atoms with E-state index >= 15 is 0 Å². The molecule has 52 valence electrons. The predicted octanol–water partition coefficient (Wildman–Crippen LogP) is 1.40. The van der Waals surface area contributed by atoms with Crippen molar-refractivity contribution in [3.63, 3.8) is 0 Å². The van der Waals surface area contributed by atoms with Crippen LogP contribution in [0.5, 0.6) is 0 Å². The number of nitrogens with one attached hydrogen (secondary N) is 1. The molecule has 0 atom stereocenters. The molecule has 0 aromatic carbocycles. The van der Waals surface area contributed by atoms with Crippen LogP contribution < -0.4 is 5.32 Å². The molecule has 2 aliphatic heterocycles. The summed E-state index contributed by atoms with van der Waals surface area (Å²) in [7, 11) is 0. The van der Waals surface area contributed by atoms with Crippen molar-refractivity contribution in [3.8, 4) is 0 Å². The van der Waals surface area contributed by atoms with E-state index in [0.29, 0.717) is 10.8 Å². The zero-order valence-corrected chi connectivity index (χ0v) is 6.33. The van der Waals surface area contributed by atoms with Crippen LogP contribution >= 0.6 is 0 Å². The van der Waals surface area contributed by atoms with Crippen LogP contribution in [0.1, 0.15) is 26.7 Å². The van der Waals surface area contributed by atoms with Gasteiger partial charge in [-0.1, -0.05) is 13.8 Å². The van der Waals surface area contributed by atoms with E-state index in [0.717, 1.165) is 0 Å². The molecule has 0 amide bonds. The molecule has 0 aromatic heterocycles. The lowest BCUT2D eigenvalue weighted by atomic mass is 9.52. The lowest BCUT2D eigenvalue weighted by molar-refractivity contribution is -0.0487. The number of hydrogen-bond acceptors (Lipinski definition) is 1. The van der Waals surface area contributed by atoms with Gasteiger partial charge in [0.2, 0.25) is 0 Å². The summed E-state index contributed by atoms with van der Waals surface area (Å²) in [6.07, 6.45) is 2.90. The topological polar surface area (TPSA) is 12.0 Å². The third kappa shape index (κ3) is 0.710. The zero-order chi connectivity index (χ0) is 6.54. The first kappa shape index (κ1) is 5.72. The minimum absolute atomic E-state index is 0.674. The highest BCUT2D eigenvalue weighted by Gasteiger charge is 2.51. The van der Waals surface area contributed by atoms with Gasteiger partial charge in [0.05, 0.1) is 0 Å². The van der Waals surface area contributed by atoms with Gasteiger partial charge in [0.1, 0.15) is 0 Å². The Morgan fingerprint density at radius 3 is 1.67 bits per heavy atom. The molecule has 3 aliphatic rings. The van der Waals surface area contributed by atoms with Gasteiger partial charge in [-0.15, -0.1) is 0 Å². The first-order chi connectivity index (χ1) is 4.12. The SMILES string of the molecule is CC12CNCC(C)(C1)C2. The van der Waals surface area contributed by atoms with Gasteiger partial charge in [0.25, 0.3) is 0 Å². The van der Waals surface area contributed by atoms with E-state index in [1.165, 1.54) is 25.9 Å². The summed E-state index contributed by atoms with van der Waals surface area (Å²) in [6.45, 7) is 7.28. The Labute approximate surface area is 56.8 Å². The van der Waals surface area contributed by atoms with Crippen LogP contribution in [0.4, 0.5) is 0 Å². The van der Waals surface area contributed by atoms with E-state index in [1.807, 2.05) is 0 Å². The molecular formula is C8H15N. The first-order valence-electron chi connectivity index (χ1n) is 3.83. The molecule has 1 aliphatic carbocycles. The predicted molar refractivity (Wildman–Crippen MR) is 38.3 cm³/mol. The van der Waals surface area contributed by atoms with Crippen LogP contribution in [0.25, 0.3) is 0 Å². The normalized spacial score (nSPS) is 56.7. The second-order valence-electron chi connectivity index (χ2n) is 4.58. The number of rotatable bonds is 0.